The predicted molar refractivity (Wildman–Crippen MR) is 279 cm³/mol. The molecule has 0 amide bonds. The number of esters is 1. The van der Waals surface area contributed by atoms with Gasteiger partial charge in [0.2, 0.25) is 0 Å². The smallest absolute Gasteiger partial charge is 0.306 e. The Labute approximate surface area is 411 Å². The quantitative estimate of drug-likeness (QED) is 0.0267. The van der Waals surface area contributed by atoms with Crippen molar-refractivity contribution in [1.82, 2.24) is 0 Å². The molecule has 0 saturated carbocycles. The number of aliphatic hydroxyl groups is 4. The molecule has 1 rings (SSSR count). The van der Waals surface area contributed by atoms with Gasteiger partial charge in [-0.05, 0) is 83.5 Å². The fourth-order valence-electron chi connectivity index (χ4n) is 8.29. The highest BCUT2D eigenvalue weighted by Gasteiger charge is 2.44. The van der Waals surface area contributed by atoms with Gasteiger partial charge in [-0.25, -0.2) is 0 Å². The summed E-state index contributed by atoms with van der Waals surface area (Å²) >= 11 is 0. The van der Waals surface area contributed by atoms with Crippen molar-refractivity contribution in [2.24, 2.45) is 0 Å². The van der Waals surface area contributed by atoms with Crippen molar-refractivity contribution in [2.45, 2.75) is 275 Å². The first kappa shape index (κ1) is 62.9. The molecule has 1 aliphatic heterocycles. The second kappa shape index (κ2) is 48.9. The Morgan fingerprint density at radius 1 is 0.478 bits per heavy atom. The number of rotatable bonds is 48. The third kappa shape index (κ3) is 39.3. The highest BCUT2D eigenvalue weighted by atomic mass is 16.7. The van der Waals surface area contributed by atoms with E-state index in [4.69, 9.17) is 18.9 Å². The SMILES string of the molecule is CCCCCC/C=C\C/C=C\CCCCCCCCCCOCC(COC1OC(CO)C(O)C(O)C1O)OC(=O)CCCCCCCCCCCC/C=C\C/C=C\C/C=C\CCCCCCC. The molecule has 67 heavy (non-hydrogen) atoms. The Hall–Kier alpha value is -2.11. The van der Waals surface area contributed by atoms with Gasteiger partial charge in [-0.3, -0.25) is 4.79 Å². The van der Waals surface area contributed by atoms with Gasteiger partial charge in [-0.1, -0.05) is 209 Å². The molecular weight excluding hydrogens is 841 g/mol. The molecule has 0 aromatic carbocycles. The molecule has 6 atom stereocenters. The predicted octanol–water partition coefficient (Wildman–Crippen LogP) is 14.2. The zero-order chi connectivity index (χ0) is 48.5. The van der Waals surface area contributed by atoms with Crippen molar-refractivity contribution in [3.63, 3.8) is 0 Å². The van der Waals surface area contributed by atoms with E-state index < -0.39 is 43.4 Å². The summed E-state index contributed by atoms with van der Waals surface area (Å²) in [6.07, 6.45) is 56.8. The zero-order valence-corrected chi connectivity index (χ0v) is 43.1. The molecule has 9 nitrogen and oxygen atoms in total. The lowest BCUT2D eigenvalue weighted by molar-refractivity contribution is -0.305. The Morgan fingerprint density at radius 2 is 0.866 bits per heavy atom. The third-order valence-corrected chi connectivity index (χ3v) is 12.7. The van der Waals surface area contributed by atoms with Crippen molar-refractivity contribution < 1.29 is 44.2 Å². The molecule has 1 saturated heterocycles. The van der Waals surface area contributed by atoms with E-state index in [1.165, 1.54) is 167 Å². The Morgan fingerprint density at radius 3 is 1.31 bits per heavy atom. The maximum atomic E-state index is 12.9. The molecule has 0 aromatic heterocycles. The molecule has 0 aliphatic carbocycles. The minimum absolute atomic E-state index is 0.119. The fourth-order valence-corrected chi connectivity index (χ4v) is 8.29. The van der Waals surface area contributed by atoms with Gasteiger partial charge in [-0.15, -0.1) is 0 Å². The van der Waals surface area contributed by atoms with E-state index in [0.29, 0.717) is 13.0 Å². The maximum Gasteiger partial charge on any atom is 0.306 e. The Kier molecular flexibility index (Phi) is 45.9. The number of allylic oxidation sites excluding steroid dienone is 10. The van der Waals surface area contributed by atoms with Crippen molar-refractivity contribution >= 4 is 5.97 Å². The van der Waals surface area contributed by atoms with E-state index in [1.807, 2.05) is 0 Å². The number of aliphatic hydroxyl groups excluding tert-OH is 4. The first-order chi connectivity index (χ1) is 32.9. The molecule has 1 heterocycles. The van der Waals surface area contributed by atoms with Gasteiger partial charge < -0.3 is 39.4 Å². The average Bonchev–Trinajstić information content (AvgIpc) is 3.33. The molecule has 1 aliphatic rings. The number of hydrogen-bond donors (Lipinski definition) is 4. The van der Waals surface area contributed by atoms with E-state index >= 15 is 0 Å². The van der Waals surface area contributed by atoms with Crippen molar-refractivity contribution in [2.75, 3.05) is 26.4 Å². The van der Waals surface area contributed by atoms with Crippen molar-refractivity contribution in [3.8, 4) is 0 Å². The molecule has 390 valence electrons. The van der Waals surface area contributed by atoms with Crippen molar-refractivity contribution in [1.29, 1.82) is 0 Å². The van der Waals surface area contributed by atoms with Crippen LogP contribution in [0.25, 0.3) is 0 Å². The first-order valence-corrected chi connectivity index (χ1v) is 27.9. The van der Waals surface area contributed by atoms with Crippen LogP contribution in [0.3, 0.4) is 0 Å². The summed E-state index contributed by atoms with van der Waals surface area (Å²) in [5, 5.41) is 40.3. The number of ether oxygens (including phenoxy) is 4. The van der Waals surface area contributed by atoms with Crippen LogP contribution in [0.15, 0.2) is 60.8 Å². The highest BCUT2D eigenvalue weighted by Crippen LogP contribution is 2.23. The van der Waals surface area contributed by atoms with E-state index in [9.17, 15) is 25.2 Å². The summed E-state index contributed by atoms with van der Waals surface area (Å²) in [5.74, 6) is -0.319. The van der Waals surface area contributed by atoms with E-state index in [1.54, 1.807) is 0 Å². The minimum Gasteiger partial charge on any atom is -0.457 e. The molecule has 6 unspecified atom stereocenters. The lowest BCUT2D eigenvalue weighted by atomic mass is 9.99. The van der Waals surface area contributed by atoms with E-state index in [0.717, 1.165) is 51.4 Å². The fraction of sp³-hybridized carbons (Fsp3) is 0.810. The van der Waals surface area contributed by atoms with E-state index in [-0.39, 0.29) is 19.2 Å². The van der Waals surface area contributed by atoms with Crippen molar-refractivity contribution in [3.05, 3.63) is 60.8 Å². The molecule has 0 radical (unpaired) electrons. The normalized spacial score (nSPS) is 19.6. The Balaban J connectivity index is 2.18. The van der Waals surface area contributed by atoms with Crippen LogP contribution in [0.2, 0.25) is 0 Å². The molecule has 0 spiro atoms. The zero-order valence-electron chi connectivity index (χ0n) is 43.1. The van der Waals surface area contributed by atoms with Crippen LogP contribution >= 0.6 is 0 Å². The van der Waals surface area contributed by atoms with Gasteiger partial charge in [-0.2, -0.15) is 0 Å². The lowest BCUT2D eigenvalue weighted by Crippen LogP contribution is -2.59. The molecule has 9 heteroatoms. The van der Waals surface area contributed by atoms with Crippen LogP contribution < -0.4 is 0 Å². The van der Waals surface area contributed by atoms with Crippen LogP contribution in [0.4, 0.5) is 0 Å². The van der Waals surface area contributed by atoms with Gasteiger partial charge in [0.1, 0.15) is 30.5 Å². The van der Waals surface area contributed by atoms with Gasteiger partial charge in [0.25, 0.3) is 0 Å². The second-order valence-electron chi connectivity index (χ2n) is 19.0. The molecule has 0 aromatic rings. The van der Waals surface area contributed by atoms with Gasteiger partial charge in [0.05, 0.1) is 19.8 Å². The number of carbonyl (C=O) groups is 1. The lowest BCUT2D eigenvalue weighted by Gasteiger charge is -2.39. The van der Waals surface area contributed by atoms with Crippen LogP contribution in [0.5, 0.6) is 0 Å². The maximum absolute atomic E-state index is 12.9. The highest BCUT2D eigenvalue weighted by molar-refractivity contribution is 5.69. The first-order valence-electron chi connectivity index (χ1n) is 27.9. The van der Waals surface area contributed by atoms with Crippen LogP contribution in [-0.4, -0.2) is 89.6 Å². The van der Waals surface area contributed by atoms with Crippen LogP contribution in [0.1, 0.15) is 239 Å². The minimum atomic E-state index is -1.54. The molecule has 1 fully saturated rings. The largest absolute Gasteiger partial charge is 0.457 e. The third-order valence-electron chi connectivity index (χ3n) is 12.7. The van der Waals surface area contributed by atoms with E-state index in [2.05, 4.69) is 74.6 Å². The number of hydrogen-bond acceptors (Lipinski definition) is 9. The van der Waals surface area contributed by atoms with Gasteiger partial charge >= 0.3 is 5.97 Å². The standard InChI is InChI=1S/C58H104O9/c1-3-5-7-9-11-13-15-17-19-21-23-24-25-26-27-28-29-31-33-35-37-39-41-43-45-47-54(60)66-52(51-65-58-57(63)56(62)55(61)53(49-59)67-58)50-64-48-46-44-42-40-38-36-34-32-30-22-20-18-16-14-12-10-8-6-4-2/h14-17,20-23,25-26,52-53,55-59,61-63H,3-13,18-19,24,27-51H2,1-2H3/b16-14-,17-15-,22-20-,23-21-,26-25-. The number of carbonyl (C=O) groups excluding carboxylic acids is 1. The van der Waals surface area contributed by atoms with Gasteiger partial charge in [0, 0.05) is 13.0 Å². The summed E-state index contributed by atoms with van der Waals surface area (Å²) in [5.41, 5.74) is 0. The number of unbranched alkanes of at least 4 members (excludes halogenated alkanes) is 27. The van der Waals surface area contributed by atoms with Gasteiger partial charge in [0.15, 0.2) is 6.29 Å². The summed E-state index contributed by atoms with van der Waals surface area (Å²) < 4.78 is 22.9. The average molecular weight is 945 g/mol. The molecule has 0 bridgehead atoms. The Bertz CT molecular complexity index is 1210. The molecular formula is C58H104O9. The summed E-state index contributed by atoms with van der Waals surface area (Å²) in [6, 6.07) is 0. The summed E-state index contributed by atoms with van der Waals surface area (Å²) in [7, 11) is 0. The van der Waals surface area contributed by atoms with Crippen LogP contribution in [-0.2, 0) is 23.7 Å². The summed E-state index contributed by atoms with van der Waals surface area (Å²) in [4.78, 5) is 12.9. The second-order valence-corrected chi connectivity index (χ2v) is 19.0. The summed E-state index contributed by atoms with van der Waals surface area (Å²) in [6.45, 7) is 4.54. The molecule has 4 N–H and O–H groups in total. The van der Waals surface area contributed by atoms with Crippen LogP contribution in [0, 0.1) is 0 Å². The monoisotopic (exact) mass is 945 g/mol. The topological polar surface area (TPSA) is 135 Å².